The van der Waals surface area contributed by atoms with Gasteiger partial charge in [0, 0.05) is 24.2 Å². The van der Waals surface area contributed by atoms with E-state index in [0.29, 0.717) is 22.6 Å². The van der Waals surface area contributed by atoms with Crippen molar-refractivity contribution in [1.82, 2.24) is 15.8 Å². The van der Waals surface area contributed by atoms with Crippen LogP contribution in [0.3, 0.4) is 0 Å². The van der Waals surface area contributed by atoms with E-state index < -0.39 is 17.6 Å². The number of nitrogens with zero attached hydrogens (tertiary/aromatic N) is 1. The van der Waals surface area contributed by atoms with Crippen LogP contribution in [-0.4, -0.2) is 24.0 Å². The van der Waals surface area contributed by atoms with Crippen molar-refractivity contribution in [3.8, 4) is 16.9 Å². The zero-order chi connectivity index (χ0) is 27.3. The van der Waals surface area contributed by atoms with Crippen LogP contribution in [0.25, 0.3) is 11.1 Å². The van der Waals surface area contributed by atoms with Gasteiger partial charge >= 0.3 is 0 Å². The van der Waals surface area contributed by atoms with Gasteiger partial charge in [0.05, 0.1) is 5.54 Å². The Morgan fingerprint density at radius 3 is 2.44 bits per heavy atom. The average molecular weight is 526 g/mol. The van der Waals surface area contributed by atoms with Gasteiger partial charge in [0.1, 0.15) is 35.0 Å². The van der Waals surface area contributed by atoms with Crippen LogP contribution in [0, 0.1) is 19.7 Å². The Morgan fingerprint density at radius 2 is 1.77 bits per heavy atom. The van der Waals surface area contributed by atoms with Crippen LogP contribution in [0.2, 0.25) is 0 Å². The molecule has 1 aliphatic carbocycles. The number of hydrogen-bond acceptors (Lipinski definition) is 5. The number of hydrogen-bond donors (Lipinski definition) is 2. The number of halogens is 1. The second kappa shape index (κ2) is 9.38. The lowest BCUT2D eigenvalue weighted by Gasteiger charge is -2.18. The molecule has 0 radical (unpaired) electrons. The molecule has 1 aliphatic heterocycles. The first-order chi connectivity index (χ1) is 18.8. The Labute approximate surface area is 225 Å². The predicted octanol–water partition coefficient (Wildman–Crippen LogP) is 5.48. The Hall–Kier alpha value is -4.46. The number of amides is 2. The number of nitrogens with one attached hydrogen (secondary N) is 2. The minimum atomic E-state index is -0.608. The summed E-state index contributed by atoms with van der Waals surface area (Å²) in [4.78, 5) is 26.3. The maximum absolute atomic E-state index is 13.6. The summed E-state index contributed by atoms with van der Waals surface area (Å²) in [5.74, 6) is -0.0206. The van der Waals surface area contributed by atoms with E-state index in [2.05, 4.69) is 15.8 Å². The molecular weight excluding hydrogens is 497 g/mol. The lowest BCUT2D eigenvalue weighted by atomic mass is 9.88. The number of carbonyl (C=O) groups is 2. The molecule has 2 amide bonds. The molecule has 198 valence electrons. The molecule has 39 heavy (non-hydrogen) atoms. The fourth-order valence-corrected chi connectivity index (χ4v) is 5.31. The fraction of sp³-hybridized carbons (Fsp3) is 0.258. The van der Waals surface area contributed by atoms with Crippen molar-refractivity contribution in [2.75, 3.05) is 7.05 Å². The molecule has 2 unspecified atom stereocenters. The minimum absolute atomic E-state index is 0.182. The molecule has 3 aromatic carbocycles. The largest absolute Gasteiger partial charge is 0.484 e. The van der Waals surface area contributed by atoms with Crippen molar-refractivity contribution < 1.29 is 23.2 Å². The highest BCUT2D eigenvalue weighted by Crippen LogP contribution is 2.48. The topological polar surface area (TPSA) is 93.5 Å². The Morgan fingerprint density at radius 1 is 1.00 bits per heavy atom. The summed E-state index contributed by atoms with van der Waals surface area (Å²) in [7, 11) is 1.59. The van der Waals surface area contributed by atoms with E-state index in [9.17, 15) is 14.0 Å². The monoisotopic (exact) mass is 525 g/mol. The number of fused-ring (bicyclic) bond motifs is 1. The molecule has 2 N–H and O–H groups in total. The first-order valence-electron chi connectivity index (χ1n) is 12.9. The number of ether oxygens (including phenoxy) is 1. The molecule has 2 aliphatic rings. The molecule has 1 aromatic heterocycles. The highest BCUT2D eigenvalue weighted by molar-refractivity contribution is 5.96. The second-order valence-corrected chi connectivity index (χ2v) is 10.3. The summed E-state index contributed by atoms with van der Waals surface area (Å²) in [5, 5.41) is 10.0. The van der Waals surface area contributed by atoms with Gasteiger partial charge in [-0.05, 0) is 85.3 Å². The first kappa shape index (κ1) is 24.9. The first-order valence-corrected chi connectivity index (χ1v) is 12.9. The van der Waals surface area contributed by atoms with Crippen LogP contribution in [0.5, 0.6) is 5.75 Å². The van der Waals surface area contributed by atoms with Crippen LogP contribution in [0.1, 0.15) is 63.4 Å². The normalized spacial score (nSPS) is 18.7. The number of aryl methyl sites for hydroxylation is 2. The van der Waals surface area contributed by atoms with Crippen LogP contribution in [0.4, 0.5) is 4.39 Å². The van der Waals surface area contributed by atoms with Crippen LogP contribution in [-0.2, 0) is 10.3 Å². The van der Waals surface area contributed by atoms with Gasteiger partial charge in [0.15, 0.2) is 0 Å². The van der Waals surface area contributed by atoms with Crippen LogP contribution < -0.4 is 15.4 Å². The third kappa shape index (κ3) is 4.46. The van der Waals surface area contributed by atoms with E-state index in [1.54, 1.807) is 19.2 Å². The molecule has 6 rings (SSSR count). The molecule has 7 nitrogen and oxygen atoms in total. The fourth-order valence-electron chi connectivity index (χ4n) is 5.31. The molecule has 8 heteroatoms. The molecule has 2 atom stereocenters. The van der Waals surface area contributed by atoms with Crippen molar-refractivity contribution >= 4 is 11.8 Å². The van der Waals surface area contributed by atoms with Crippen molar-refractivity contribution in [3.63, 3.8) is 0 Å². The smallest absolute Gasteiger partial charge is 0.252 e. The molecular formula is C31H28FN3O4. The lowest BCUT2D eigenvalue weighted by molar-refractivity contribution is -0.123. The van der Waals surface area contributed by atoms with Crippen molar-refractivity contribution in [1.29, 1.82) is 0 Å². The van der Waals surface area contributed by atoms with E-state index in [0.717, 1.165) is 40.8 Å². The molecule has 2 heterocycles. The Balaban J connectivity index is 1.32. The Kier molecular flexibility index (Phi) is 5.98. The Bertz CT molecular complexity index is 1590. The van der Waals surface area contributed by atoms with Gasteiger partial charge in [-0.25, -0.2) is 4.39 Å². The highest BCUT2D eigenvalue weighted by Gasteiger charge is 2.48. The van der Waals surface area contributed by atoms with E-state index in [-0.39, 0.29) is 17.6 Å². The second-order valence-electron chi connectivity index (χ2n) is 10.3. The standard InChI is InChI=1S/C31H28FN3O4/c1-17-4-5-21(29(36)34-31(12-13-31)26-14-18(2)39-35-26)16-23(17)20-8-11-25-24(15-20)27(30(37)33-3)28(38-25)19-6-9-22(32)10-7-19/h4-11,14-16,27-28H,12-13H2,1-3H3,(H,33,37)(H,34,36). The maximum atomic E-state index is 13.6. The third-order valence-electron chi connectivity index (χ3n) is 7.66. The van der Waals surface area contributed by atoms with Gasteiger partial charge in [-0.15, -0.1) is 0 Å². The lowest BCUT2D eigenvalue weighted by Crippen LogP contribution is -2.35. The summed E-state index contributed by atoms with van der Waals surface area (Å²) in [6, 6.07) is 19.2. The SMILES string of the molecule is CNC(=O)C1c2cc(-c3cc(C(=O)NC4(c5cc(C)on5)CC4)ccc3C)ccc2OC1c1ccc(F)cc1. The number of carbonyl (C=O) groups excluding carboxylic acids is 2. The number of aromatic nitrogens is 1. The maximum Gasteiger partial charge on any atom is 0.252 e. The number of likely N-dealkylation sites (N-methyl/N-ethyl adjacent to an activating group) is 1. The van der Waals surface area contributed by atoms with Gasteiger partial charge in [-0.2, -0.15) is 0 Å². The summed E-state index contributed by atoms with van der Waals surface area (Å²) >= 11 is 0. The highest BCUT2D eigenvalue weighted by atomic mass is 19.1. The average Bonchev–Trinajstić information content (AvgIpc) is 3.40. The zero-order valence-electron chi connectivity index (χ0n) is 21.9. The van der Waals surface area contributed by atoms with Crippen molar-refractivity contribution in [2.45, 2.75) is 44.2 Å². The van der Waals surface area contributed by atoms with Crippen LogP contribution in [0.15, 0.2) is 71.3 Å². The molecule has 4 aromatic rings. The van der Waals surface area contributed by atoms with Crippen LogP contribution >= 0.6 is 0 Å². The van der Waals surface area contributed by atoms with E-state index in [1.165, 1.54) is 12.1 Å². The summed E-state index contributed by atoms with van der Waals surface area (Å²) < 4.78 is 25.0. The van der Waals surface area contributed by atoms with E-state index in [1.807, 2.05) is 56.3 Å². The van der Waals surface area contributed by atoms with Gasteiger partial charge in [0.2, 0.25) is 5.91 Å². The third-order valence-corrected chi connectivity index (χ3v) is 7.66. The van der Waals surface area contributed by atoms with Crippen molar-refractivity contribution in [3.05, 3.63) is 106 Å². The number of rotatable bonds is 6. The van der Waals surface area contributed by atoms with Gasteiger partial charge in [-0.3, -0.25) is 9.59 Å². The van der Waals surface area contributed by atoms with Crippen molar-refractivity contribution in [2.24, 2.45) is 0 Å². The number of benzene rings is 3. The zero-order valence-corrected chi connectivity index (χ0v) is 21.9. The van der Waals surface area contributed by atoms with Gasteiger partial charge in [0.25, 0.3) is 5.91 Å². The van der Waals surface area contributed by atoms with Gasteiger partial charge < -0.3 is 19.9 Å². The molecule has 1 fully saturated rings. The molecule has 0 bridgehead atoms. The molecule has 0 spiro atoms. The summed E-state index contributed by atoms with van der Waals surface area (Å²) in [6.45, 7) is 3.82. The summed E-state index contributed by atoms with van der Waals surface area (Å²) in [6.07, 6.45) is 1.04. The molecule has 1 saturated carbocycles. The quantitative estimate of drug-likeness (QED) is 0.348. The van der Waals surface area contributed by atoms with Gasteiger partial charge in [-0.1, -0.05) is 29.4 Å². The predicted molar refractivity (Wildman–Crippen MR) is 143 cm³/mol. The minimum Gasteiger partial charge on any atom is -0.484 e. The van der Waals surface area contributed by atoms with E-state index in [4.69, 9.17) is 9.26 Å². The molecule has 0 saturated heterocycles. The summed E-state index contributed by atoms with van der Waals surface area (Å²) in [5.41, 5.74) is 5.00. The van der Waals surface area contributed by atoms with E-state index >= 15 is 0 Å².